The van der Waals surface area contributed by atoms with Gasteiger partial charge in [-0.3, -0.25) is 14.5 Å². The summed E-state index contributed by atoms with van der Waals surface area (Å²) in [6.45, 7) is 5.59. The zero-order valence-electron chi connectivity index (χ0n) is 15.0. The molecule has 2 aromatic rings. The summed E-state index contributed by atoms with van der Waals surface area (Å²) in [5.41, 5.74) is 1.65. The van der Waals surface area contributed by atoms with Crippen LogP contribution in [0.2, 0.25) is 0 Å². The first-order valence-electron chi connectivity index (χ1n) is 8.32. The number of allylic oxidation sites excluding steroid dienone is 2. The van der Waals surface area contributed by atoms with E-state index in [9.17, 15) is 9.59 Å². The van der Waals surface area contributed by atoms with Gasteiger partial charge < -0.3 is 4.98 Å². The predicted molar refractivity (Wildman–Crippen MR) is 97.5 cm³/mol. The van der Waals surface area contributed by atoms with Crippen molar-refractivity contribution < 1.29 is 9.59 Å². The Morgan fingerprint density at radius 1 is 1.24 bits per heavy atom. The Bertz CT molecular complexity index is 900. The van der Waals surface area contributed by atoms with E-state index in [4.69, 9.17) is 0 Å². The number of aromatic amines is 1. The van der Waals surface area contributed by atoms with Gasteiger partial charge in [-0.15, -0.1) is 0 Å². The van der Waals surface area contributed by atoms with Gasteiger partial charge in [-0.2, -0.15) is 0 Å². The third kappa shape index (κ3) is 3.24. The van der Waals surface area contributed by atoms with Crippen molar-refractivity contribution >= 4 is 28.7 Å². The highest BCUT2D eigenvalue weighted by molar-refractivity contribution is 6.09. The molecule has 6 heteroatoms. The Kier molecular flexibility index (Phi) is 4.29. The SMILES string of the molecule is CN(C(=O)C1=CCCC=C1)c1cnc2[nH]cc(C(=O)C(C)(C)C)c2n1. The van der Waals surface area contributed by atoms with Gasteiger partial charge in [0.2, 0.25) is 0 Å². The van der Waals surface area contributed by atoms with E-state index in [-0.39, 0.29) is 11.7 Å². The molecule has 3 rings (SSSR count). The lowest BCUT2D eigenvalue weighted by Gasteiger charge is -2.18. The molecule has 1 amide bonds. The molecule has 130 valence electrons. The van der Waals surface area contributed by atoms with Crippen LogP contribution in [0.4, 0.5) is 5.82 Å². The van der Waals surface area contributed by atoms with Crippen LogP contribution < -0.4 is 4.90 Å². The molecule has 0 aliphatic heterocycles. The molecule has 1 aliphatic rings. The summed E-state index contributed by atoms with van der Waals surface area (Å²) in [5.74, 6) is 0.265. The highest BCUT2D eigenvalue weighted by Crippen LogP contribution is 2.26. The van der Waals surface area contributed by atoms with Crippen molar-refractivity contribution in [2.24, 2.45) is 5.41 Å². The minimum Gasteiger partial charge on any atom is -0.344 e. The van der Waals surface area contributed by atoms with Crippen molar-refractivity contribution in [3.8, 4) is 0 Å². The number of carbonyl (C=O) groups is 2. The quantitative estimate of drug-likeness (QED) is 0.870. The van der Waals surface area contributed by atoms with E-state index >= 15 is 0 Å². The number of Topliss-reactive ketones (excluding diaryl/α,β-unsaturated/α-hetero) is 1. The number of anilines is 1. The lowest BCUT2D eigenvalue weighted by molar-refractivity contribution is -0.114. The van der Waals surface area contributed by atoms with E-state index in [1.165, 1.54) is 11.1 Å². The maximum absolute atomic E-state index is 12.6. The second kappa shape index (κ2) is 6.27. The number of fused-ring (bicyclic) bond motifs is 1. The molecule has 0 saturated carbocycles. The normalized spacial score (nSPS) is 14.5. The third-order valence-electron chi connectivity index (χ3n) is 4.18. The fraction of sp³-hybridized carbons (Fsp3) is 0.368. The van der Waals surface area contributed by atoms with Crippen LogP contribution in [-0.2, 0) is 4.79 Å². The van der Waals surface area contributed by atoms with Crippen molar-refractivity contribution in [2.45, 2.75) is 33.6 Å². The molecular weight excluding hydrogens is 316 g/mol. The number of hydrogen-bond acceptors (Lipinski definition) is 4. The van der Waals surface area contributed by atoms with E-state index in [0.29, 0.717) is 28.1 Å². The number of aromatic nitrogens is 3. The van der Waals surface area contributed by atoms with Crippen molar-refractivity contribution in [2.75, 3.05) is 11.9 Å². The summed E-state index contributed by atoms with van der Waals surface area (Å²) in [6.07, 6.45) is 10.7. The van der Waals surface area contributed by atoms with Crippen LogP contribution in [0, 0.1) is 5.41 Å². The number of nitrogens with one attached hydrogen (secondary N) is 1. The van der Waals surface area contributed by atoms with E-state index in [1.54, 1.807) is 13.2 Å². The monoisotopic (exact) mass is 338 g/mol. The van der Waals surface area contributed by atoms with Gasteiger partial charge in [-0.1, -0.05) is 39.0 Å². The van der Waals surface area contributed by atoms with Crippen LogP contribution >= 0.6 is 0 Å². The lowest BCUT2D eigenvalue weighted by atomic mass is 9.87. The summed E-state index contributed by atoms with van der Waals surface area (Å²) in [6, 6.07) is 0. The highest BCUT2D eigenvalue weighted by atomic mass is 16.2. The van der Waals surface area contributed by atoms with Crippen molar-refractivity contribution in [1.29, 1.82) is 0 Å². The zero-order chi connectivity index (χ0) is 18.2. The second-order valence-electron chi connectivity index (χ2n) is 7.21. The Morgan fingerprint density at radius 3 is 2.64 bits per heavy atom. The molecule has 0 bridgehead atoms. The summed E-state index contributed by atoms with van der Waals surface area (Å²) in [5, 5.41) is 0. The van der Waals surface area contributed by atoms with Crippen molar-refractivity contribution in [1.82, 2.24) is 15.0 Å². The van der Waals surface area contributed by atoms with Gasteiger partial charge in [-0.25, -0.2) is 9.97 Å². The van der Waals surface area contributed by atoms with Gasteiger partial charge in [-0.05, 0) is 12.8 Å². The van der Waals surface area contributed by atoms with Crippen molar-refractivity contribution in [3.05, 3.63) is 41.8 Å². The molecule has 2 aromatic heterocycles. The summed E-state index contributed by atoms with van der Waals surface area (Å²) >= 11 is 0. The van der Waals surface area contributed by atoms with Crippen LogP contribution in [0.1, 0.15) is 44.0 Å². The van der Waals surface area contributed by atoms with Crippen LogP contribution in [0.3, 0.4) is 0 Å². The van der Waals surface area contributed by atoms with Crippen LogP contribution in [0.5, 0.6) is 0 Å². The number of H-pyrrole nitrogens is 1. The highest BCUT2D eigenvalue weighted by Gasteiger charge is 2.27. The van der Waals surface area contributed by atoms with Crippen molar-refractivity contribution in [3.63, 3.8) is 0 Å². The fourth-order valence-electron chi connectivity index (χ4n) is 2.69. The smallest absolute Gasteiger partial charge is 0.258 e. The molecule has 25 heavy (non-hydrogen) atoms. The Hall–Kier alpha value is -2.76. The number of nitrogens with zero attached hydrogens (tertiary/aromatic N) is 3. The largest absolute Gasteiger partial charge is 0.344 e. The first-order chi connectivity index (χ1) is 11.8. The number of ketones is 1. The van der Waals surface area contributed by atoms with Gasteiger partial charge in [0.1, 0.15) is 5.52 Å². The molecule has 0 fully saturated rings. The Labute approximate surface area is 146 Å². The number of rotatable bonds is 3. The average molecular weight is 338 g/mol. The van der Waals surface area contributed by atoms with E-state index in [0.717, 1.165) is 12.8 Å². The molecule has 0 spiro atoms. The van der Waals surface area contributed by atoms with Crippen LogP contribution in [0.15, 0.2) is 36.2 Å². The summed E-state index contributed by atoms with van der Waals surface area (Å²) in [7, 11) is 1.67. The average Bonchev–Trinajstić information content (AvgIpc) is 3.02. The molecular formula is C19H22N4O2. The number of carbonyl (C=O) groups excluding carboxylic acids is 2. The molecule has 0 unspecified atom stereocenters. The molecule has 0 radical (unpaired) electrons. The lowest BCUT2D eigenvalue weighted by Crippen LogP contribution is -2.28. The van der Waals surface area contributed by atoms with Crippen LogP contribution in [-0.4, -0.2) is 33.7 Å². The molecule has 1 N–H and O–H groups in total. The maximum Gasteiger partial charge on any atom is 0.258 e. The standard InChI is InChI=1S/C19H22N4O2/c1-19(2,3)16(24)13-10-20-17-15(13)22-14(11-21-17)23(4)18(25)12-8-6-5-7-9-12/h6,8-11H,5,7H2,1-4H3,(H,20,21). The van der Waals surface area contributed by atoms with Gasteiger partial charge in [0.25, 0.3) is 5.91 Å². The van der Waals surface area contributed by atoms with Gasteiger partial charge in [0.05, 0.1) is 11.8 Å². The summed E-state index contributed by atoms with van der Waals surface area (Å²) < 4.78 is 0. The molecule has 0 atom stereocenters. The summed E-state index contributed by atoms with van der Waals surface area (Å²) in [4.78, 5) is 38.5. The fourth-order valence-corrected chi connectivity index (χ4v) is 2.69. The Balaban J connectivity index is 1.98. The molecule has 6 nitrogen and oxygen atoms in total. The van der Waals surface area contributed by atoms with E-state index in [2.05, 4.69) is 15.0 Å². The first-order valence-corrected chi connectivity index (χ1v) is 8.32. The minimum atomic E-state index is -0.522. The van der Waals surface area contributed by atoms with E-state index in [1.807, 2.05) is 39.0 Å². The molecule has 2 heterocycles. The topological polar surface area (TPSA) is 79.0 Å². The zero-order valence-corrected chi connectivity index (χ0v) is 15.0. The molecule has 1 aliphatic carbocycles. The molecule has 0 saturated heterocycles. The maximum atomic E-state index is 12.6. The number of likely N-dealkylation sites (N-methyl/N-ethyl adjacent to an activating group) is 1. The number of hydrogen-bond donors (Lipinski definition) is 1. The number of amides is 1. The van der Waals surface area contributed by atoms with Crippen LogP contribution in [0.25, 0.3) is 11.2 Å². The van der Waals surface area contributed by atoms with Gasteiger partial charge in [0.15, 0.2) is 17.2 Å². The van der Waals surface area contributed by atoms with E-state index < -0.39 is 5.41 Å². The third-order valence-corrected chi connectivity index (χ3v) is 4.18. The second-order valence-corrected chi connectivity index (χ2v) is 7.21. The van der Waals surface area contributed by atoms with Gasteiger partial charge >= 0.3 is 0 Å². The minimum absolute atomic E-state index is 0.0166. The Morgan fingerprint density at radius 2 is 2.00 bits per heavy atom. The molecule has 0 aromatic carbocycles. The van der Waals surface area contributed by atoms with Gasteiger partial charge in [0, 0.05) is 24.2 Å². The predicted octanol–water partition coefficient (Wildman–Crippen LogP) is 3.43. The first kappa shape index (κ1) is 17.1.